The molecule has 29 heavy (non-hydrogen) atoms. The lowest BCUT2D eigenvalue weighted by Crippen LogP contribution is -2.13. The molecule has 0 atom stereocenters. The number of nitro benzene ring substituents is 1. The molecule has 0 bridgehead atoms. The summed E-state index contributed by atoms with van der Waals surface area (Å²) in [4.78, 5) is 21.7. The monoisotopic (exact) mass is 419 g/mol. The third-order valence-electron chi connectivity index (χ3n) is 3.85. The number of hydrogen-bond donors (Lipinski definition) is 3. The second kappa shape index (κ2) is 7.29. The summed E-state index contributed by atoms with van der Waals surface area (Å²) in [5, 5.41) is 31.1. The topological polar surface area (TPSA) is 180 Å². The molecule has 1 heterocycles. The number of aryl methyl sites for hydroxylation is 1. The zero-order valence-corrected chi connectivity index (χ0v) is 15.5. The maximum absolute atomic E-state index is 12.6. The van der Waals surface area contributed by atoms with Gasteiger partial charge >= 0.3 is 5.69 Å². The minimum atomic E-state index is -4.82. The van der Waals surface area contributed by atoms with Gasteiger partial charge in [0.1, 0.15) is 10.6 Å². The molecular weight excluding hydrogens is 406 g/mol. The highest BCUT2D eigenvalue weighted by Gasteiger charge is 2.24. The number of hydrogen-bond acceptors (Lipinski definition) is 8. The van der Waals surface area contributed by atoms with Gasteiger partial charge in [-0.25, -0.2) is 4.68 Å². The number of phenols is 1. The van der Waals surface area contributed by atoms with Crippen LogP contribution in [0.5, 0.6) is 5.75 Å². The summed E-state index contributed by atoms with van der Waals surface area (Å²) in [6, 6.07) is 9.72. The Morgan fingerprint density at radius 2 is 1.83 bits per heavy atom. The molecule has 0 unspecified atom stereocenters. The van der Waals surface area contributed by atoms with E-state index in [9.17, 15) is 28.4 Å². The average molecular weight is 419 g/mol. The summed E-state index contributed by atoms with van der Waals surface area (Å²) < 4.78 is 33.0. The number of nitrogens with one attached hydrogen (secondary N) is 1. The van der Waals surface area contributed by atoms with Crippen molar-refractivity contribution in [2.24, 2.45) is 10.2 Å². The highest BCUT2D eigenvalue weighted by molar-refractivity contribution is 7.85. The van der Waals surface area contributed by atoms with Crippen molar-refractivity contribution in [3.8, 4) is 11.4 Å². The quantitative estimate of drug-likeness (QED) is 0.246. The number of aromatic nitrogens is 2. The van der Waals surface area contributed by atoms with Gasteiger partial charge in [-0.1, -0.05) is 18.2 Å². The van der Waals surface area contributed by atoms with E-state index in [1.165, 1.54) is 11.6 Å². The van der Waals surface area contributed by atoms with Crippen molar-refractivity contribution >= 4 is 27.2 Å². The Bertz CT molecular complexity index is 1290. The molecular formula is C16H13N5O7S. The van der Waals surface area contributed by atoms with Gasteiger partial charge in [-0.2, -0.15) is 8.42 Å². The Kier molecular flexibility index (Phi) is 5.01. The van der Waals surface area contributed by atoms with E-state index in [0.717, 1.165) is 0 Å². The fourth-order valence-corrected chi connectivity index (χ4v) is 2.98. The van der Waals surface area contributed by atoms with Crippen LogP contribution in [0, 0.1) is 17.0 Å². The number of rotatable bonds is 5. The summed E-state index contributed by atoms with van der Waals surface area (Å²) in [5.41, 5.74) is -1.53. The van der Waals surface area contributed by atoms with Crippen LogP contribution in [0.1, 0.15) is 5.69 Å². The molecule has 0 aliphatic heterocycles. The maximum Gasteiger partial charge on any atom is 0.314 e. The number of aromatic hydroxyl groups is 1. The molecule has 150 valence electrons. The van der Waals surface area contributed by atoms with Gasteiger partial charge in [0.15, 0.2) is 5.69 Å². The van der Waals surface area contributed by atoms with Crippen molar-refractivity contribution in [2.45, 2.75) is 11.8 Å². The lowest BCUT2D eigenvalue weighted by molar-refractivity contribution is -0.386. The van der Waals surface area contributed by atoms with E-state index in [1.54, 1.807) is 30.3 Å². The normalized spacial score (nSPS) is 11.8. The number of H-pyrrole nitrogens is 1. The van der Waals surface area contributed by atoms with Gasteiger partial charge in [0, 0.05) is 6.07 Å². The molecule has 13 heteroatoms. The van der Waals surface area contributed by atoms with Gasteiger partial charge in [-0.15, -0.1) is 10.2 Å². The second-order valence-corrected chi connectivity index (χ2v) is 7.23. The van der Waals surface area contributed by atoms with Crippen LogP contribution in [0.15, 0.2) is 62.4 Å². The van der Waals surface area contributed by atoms with Crippen LogP contribution in [-0.2, 0) is 10.1 Å². The van der Waals surface area contributed by atoms with Crippen LogP contribution in [-0.4, -0.2) is 32.8 Å². The Morgan fingerprint density at radius 3 is 2.41 bits per heavy atom. The van der Waals surface area contributed by atoms with E-state index < -0.39 is 42.6 Å². The van der Waals surface area contributed by atoms with Crippen LogP contribution in [0.3, 0.4) is 0 Å². The minimum absolute atomic E-state index is 0.159. The first-order valence-electron chi connectivity index (χ1n) is 7.87. The zero-order chi connectivity index (χ0) is 21.3. The van der Waals surface area contributed by atoms with Crippen molar-refractivity contribution in [2.75, 3.05) is 0 Å². The van der Waals surface area contributed by atoms with Crippen LogP contribution in [0.2, 0.25) is 0 Å². The molecule has 2 aromatic carbocycles. The van der Waals surface area contributed by atoms with Crippen LogP contribution < -0.4 is 5.56 Å². The average Bonchev–Trinajstić information content (AvgIpc) is 2.94. The Balaban J connectivity index is 2.12. The lowest BCUT2D eigenvalue weighted by atomic mass is 10.2. The molecule has 0 amide bonds. The Labute approximate surface area is 162 Å². The van der Waals surface area contributed by atoms with Gasteiger partial charge in [0.25, 0.3) is 15.7 Å². The fourth-order valence-electron chi connectivity index (χ4n) is 2.46. The summed E-state index contributed by atoms with van der Waals surface area (Å²) >= 11 is 0. The molecule has 0 radical (unpaired) electrons. The van der Waals surface area contributed by atoms with E-state index in [2.05, 4.69) is 15.3 Å². The van der Waals surface area contributed by atoms with Gasteiger partial charge in [0.05, 0.1) is 16.3 Å². The largest absolute Gasteiger partial charge is 0.501 e. The summed E-state index contributed by atoms with van der Waals surface area (Å²) in [6.07, 6.45) is 0. The molecule has 0 aliphatic carbocycles. The minimum Gasteiger partial charge on any atom is -0.501 e. The SMILES string of the molecule is Cc1[nH]n(-c2ccccc2)c(=O)c1N=Nc1cc(S(=O)(=O)O)cc([N+](=O)[O-])c1O. The predicted molar refractivity (Wildman–Crippen MR) is 99.9 cm³/mol. The molecule has 3 rings (SSSR count). The van der Waals surface area contributed by atoms with Crippen molar-refractivity contribution in [1.82, 2.24) is 9.78 Å². The number of nitro groups is 1. The lowest BCUT2D eigenvalue weighted by Gasteiger charge is -2.02. The van der Waals surface area contributed by atoms with Crippen molar-refractivity contribution < 1.29 is 23.0 Å². The Hall–Kier alpha value is -3.84. The number of nitrogens with zero attached hydrogens (tertiary/aromatic N) is 4. The van der Waals surface area contributed by atoms with E-state index >= 15 is 0 Å². The highest BCUT2D eigenvalue weighted by Crippen LogP contribution is 2.39. The van der Waals surface area contributed by atoms with Gasteiger partial charge in [-0.05, 0) is 25.1 Å². The third-order valence-corrected chi connectivity index (χ3v) is 4.68. The number of benzene rings is 2. The third kappa shape index (κ3) is 3.90. The number of aromatic amines is 1. The summed E-state index contributed by atoms with van der Waals surface area (Å²) in [5.74, 6) is -0.970. The van der Waals surface area contributed by atoms with Gasteiger partial charge in [-0.3, -0.25) is 24.6 Å². The highest BCUT2D eigenvalue weighted by atomic mass is 32.2. The van der Waals surface area contributed by atoms with E-state index in [0.29, 0.717) is 23.5 Å². The van der Waals surface area contributed by atoms with E-state index in [1.807, 2.05) is 0 Å². The first-order chi connectivity index (χ1) is 13.6. The van der Waals surface area contributed by atoms with Crippen LogP contribution >= 0.6 is 0 Å². The first-order valence-corrected chi connectivity index (χ1v) is 9.31. The molecule has 3 aromatic rings. The molecule has 3 N–H and O–H groups in total. The molecule has 0 saturated heterocycles. The molecule has 0 fully saturated rings. The van der Waals surface area contributed by atoms with E-state index in [4.69, 9.17) is 4.55 Å². The van der Waals surface area contributed by atoms with Gasteiger partial charge in [0.2, 0.25) is 5.75 Å². The maximum atomic E-state index is 12.6. The van der Waals surface area contributed by atoms with E-state index in [-0.39, 0.29) is 5.69 Å². The number of phenolic OH excluding ortho intramolecular Hbond substituents is 1. The van der Waals surface area contributed by atoms with Crippen molar-refractivity contribution in [3.05, 3.63) is 68.6 Å². The first kappa shape index (κ1) is 19.9. The molecule has 0 spiro atoms. The second-order valence-electron chi connectivity index (χ2n) is 5.80. The standard InChI is InChI=1S/C16H13N5O7S/c1-9-14(16(23)20(19-9)10-5-3-2-4-6-10)18-17-12-7-11(29(26,27)28)8-13(15(12)22)21(24)25/h2-8,19,22H,1H3,(H,26,27,28). The summed E-state index contributed by atoms with van der Waals surface area (Å²) in [6.45, 7) is 1.53. The molecule has 0 saturated carbocycles. The van der Waals surface area contributed by atoms with Crippen molar-refractivity contribution in [1.29, 1.82) is 0 Å². The van der Waals surface area contributed by atoms with Crippen LogP contribution in [0.25, 0.3) is 5.69 Å². The van der Waals surface area contributed by atoms with Gasteiger partial charge < -0.3 is 5.11 Å². The number of azo groups is 1. The smallest absolute Gasteiger partial charge is 0.314 e. The fraction of sp³-hybridized carbons (Fsp3) is 0.0625. The molecule has 0 aliphatic rings. The molecule has 12 nitrogen and oxygen atoms in total. The predicted octanol–water partition coefficient (Wildman–Crippen LogP) is 2.75. The molecule has 1 aromatic heterocycles. The van der Waals surface area contributed by atoms with Crippen LogP contribution in [0.4, 0.5) is 17.1 Å². The summed E-state index contributed by atoms with van der Waals surface area (Å²) in [7, 11) is -4.82. The zero-order valence-electron chi connectivity index (χ0n) is 14.7. The number of para-hydroxylation sites is 1. The van der Waals surface area contributed by atoms with Crippen molar-refractivity contribution in [3.63, 3.8) is 0 Å². The Morgan fingerprint density at radius 1 is 1.17 bits per heavy atom.